The third kappa shape index (κ3) is 2.46. The molecule has 2 heterocycles. The fraction of sp³-hybridized carbons (Fsp3) is 0.538. The number of anilines is 1. The number of hydrogen-bond donors (Lipinski definition) is 1. The van der Waals surface area contributed by atoms with E-state index in [2.05, 4.69) is 22.1 Å². The van der Waals surface area contributed by atoms with Crippen molar-refractivity contribution in [3.05, 3.63) is 23.9 Å². The van der Waals surface area contributed by atoms with Crippen LogP contribution in [0.25, 0.3) is 0 Å². The van der Waals surface area contributed by atoms with E-state index < -0.39 is 0 Å². The molecule has 5 heteroatoms. The second-order valence-corrected chi connectivity index (χ2v) is 4.30. The van der Waals surface area contributed by atoms with Gasteiger partial charge in [-0.2, -0.15) is 0 Å². The Hall–Kier alpha value is -1.62. The van der Waals surface area contributed by atoms with Gasteiger partial charge in [0.05, 0.1) is 7.11 Å². The lowest BCUT2D eigenvalue weighted by Gasteiger charge is -2.29. The van der Waals surface area contributed by atoms with Gasteiger partial charge < -0.3 is 15.0 Å². The van der Waals surface area contributed by atoms with Crippen LogP contribution < -0.4 is 10.2 Å². The second kappa shape index (κ2) is 5.82. The summed E-state index contributed by atoms with van der Waals surface area (Å²) in [4.78, 5) is 18.3. The van der Waals surface area contributed by atoms with Crippen molar-refractivity contribution in [1.82, 2.24) is 10.3 Å². The zero-order chi connectivity index (χ0) is 13.0. The number of likely N-dealkylation sites (N-methyl/N-ethyl adjacent to an activating group) is 1. The maximum Gasteiger partial charge on any atom is 0.341 e. The molecule has 18 heavy (non-hydrogen) atoms. The first-order valence-corrected chi connectivity index (χ1v) is 6.28. The Labute approximate surface area is 107 Å². The van der Waals surface area contributed by atoms with Crippen molar-refractivity contribution < 1.29 is 9.53 Å². The Bertz CT molecular complexity index is 416. The quantitative estimate of drug-likeness (QED) is 0.809. The summed E-state index contributed by atoms with van der Waals surface area (Å²) in [6, 6.07) is 3.92. The highest BCUT2D eigenvalue weighted by Crippen LogP contribution is 2.22. The summed E-state index contributed by atoms with van der Waals surface area (Å²) in [5, 5.41) is 3.33. The van der Waals surface area contributed by atoms with Crippen LogP contribution in [0, 0.1) is 0 Å². The molecule has 1 aliphatic heterocycles. The standard InChI is InChI=1S/C13H19N3O2/c1-3-16(10-6-8-14-9-10)12-11(13(17)18-2)5-4-7-15-12/h4-5,7,10,14H,3,6,8-9H2,1-2H3. The molecule has 1 unspecified atom stereocenters. The molecule has 0 saturated carbocycles. The van der Waals surface area contributed by atoms with Gasteiger partial charge in [-0.05, 0) is 32.0 Å². The summed E-state index contributed by atoms with van der Waals surface area (Å²) < 4.78 is 4.81. The number of rotatable bonds is 4. The normalized spacial score (nSPS) is 18.7. The predicted molar refractivity (Wildman–Crippen MR) is 69.9 cm³/mol. The van der Waals surface area contributed by atoms with E-state index in [-0.39, 0.29) is 5.97 Å². The zero-order valence-electron chi connectivity index (χ0n) is 10.8. The van der Waals surface area contributed by atoms with E-state index in [1.807, 2.05) is 0 Å². The van der Waals surface area contributed by atoms with E-state index in [0.717, 1.165) is 31.9 Å². The number of nitrogens with one attached hydrogen (secondary N) is 1. The maximum absolute atomic E-state index is 11.8. The monoisotopic (exact) mass is 249 g/mol. The molecule has 5 nitrogen and oxygen atoms in total. The highest BCUT2D eigenvalue weighted by atomic mass is 16.5. The largest absolute Gasteiger partial charge is 0.465 e. The van der Waals surface area contributed by atoms with Gasteiger partial charge in [0.25, 0.3) is 0 Å². The van der Waals surface area contributed by atoms with Crippen LogP contribution in [0.15, 0.2) is 18.3 Å². The first-order chi connectivity index (χ1) is 8.77. The summed E-state index contributed by atoms with van der Waals surface area (Å²) in [5.74, 6) is 0.392. The lowest BCUT2D eigenvalue weighted by Crippen LogP contribution is -2.38. The molecule has 0 radical (unpaired) electrons. The molecule has 1 N–H and O–H groups in total. The summed E-state index contributed by atoms with van der Waals surface area (Å²) in [7, 11) is 1.40. The lowest BCUT2D eigenvalue weighted by atomic mass is 10.1. The molecule has 2 rings (SSSR count). The van der Waals surface area contributed by atoms with Crippen LogP contribution in [0.2, 0.25) is 0 Å². The topological polar surface area (TPSA) is 54.5 Å². The van der Waals surface area contributed by atoms with Crippen molar-refractivity contribution in [2.24, 2.45) is 0 Å². The van der Waals surface area contributed by atoms with Crippen molar-refractivity contribution >= 4 is 11.8 Å². The molecule has 0 spiro atoms. The Morgan fingerprint density at radius 3 is 3.11 bits per heavy atom. The molecule has 98 valence electrons. The highest BCUT2D eigenvalue weighted by Gasteiger charge is 2.25. The number of nitrogens with zero attached hydrogens (tertiary/aromatic N) is 2. The van der Waals surface area contributed by atoms with Gasteiger partial charge in [0.15, 0.2) is 0 Å². The molecule has 1 atom stereocenters. The average Bonchev–Trinajstić information content (AvgIpc) is 2.93. The van der Waals surface area contributed by atoms with Gasteiger partial charge >= 0.3 is 5.97 Å². The molecule has 1 aromatic rings. The van der Waals surface area contributed by atoms with Gasteiger partial charge in [0.2, 0.25) is 0 Å². The summed E-state index contributed by atoms with van der Waals surface area (Å²) in [6.45, 7) is 4.86. The minimum Gasteiger partial charge on any atom is -0.465 e. The van der Waals surface area contributed by atoms with E-state index in [1.165, 1.54) is 7.11 Å². The fourth-order valence-corrected chi connectivity index (χ4v) is 2.38. The number of hydrogen-bond acceptors (Lipinski definition) is 5. The third-order valence-corrected chi connectivity index (χ3v) is 3.28. The SMILES string of the molecule is CCN(c1ncccc1C(=O)OC)C1CCNC1. The Morgan fingerprint density at radius 1 is 1.67 bits per heavy atom. The Morgan fingerprint density at radius 2 is 2.50 bits per heavy atom. The van der Waals surface area contributed by atoms with Crippen LogP contribution in [-0.2, 0) is 4.74 Å². The van der Waals surface area contributed by atoms with Crippen LogP contribution in [0.1, 0.15) is 23.7 Å². The summed E-state index contributed by atoms with van der Waals surface area (Å²) in [5.41, 5.74) is 0.536. The van der Waals surface area contributed by atoms with E-state index in [9.17, 15) is 4.79 Å². The maximum atomic E-state index is 11.8. The number of methoxy groups -OCH3 is 1. The number of carbonyl (C=O) groups excluding carboxylic acids is 1. The van der Waals surface area contributed by atoms with Crippen molar-refractivity contribution in [2.75, 3.05) is 31.6 Å². The predicted octanol–water partition coefficient (Wildman–Crippen LogP) is 1.06. The van der Waals surface area contributed by atoms with Crippen molar-refractivity contribution in [3.8, 4) is 0 Å². The summed E-state index contributed by atoms with van der Waals surface area (Å²) >= 11 is 0. The molecule has 1 saturated heterocycles. The van der Waals surface area contributed by atoms with E-state index in [0.29, 0.717) is 11.6 Å². The second-order valence-electron chi connectivity index (χ2n) is 4.30. The number of pyridine rings is 1. The molecule has 1 fully saturated rings. The molecular weight excluding hydrogens is 230 g/mol. The molecule has 0 amide bonds. The van der Waals surface area contributed by atoms with Crippen LogP contribution in [-0.4, -0.2) is 43.7 Å². The highest BCUT2D eigenvalue weighted by molar-refractivity contribution is 5.94. The Balaban J connectivity index is 2.32. The van der Waals surface area contributed by atoms with Crippen LogP contribution >= 0.6 is 0 Å². The van der Waals surface area contributed by atoms with Gasteiger partial charge in [-0.3, -0.25) is 0 Å². The lowest BCUT2D eigenvalue weighted by molar-refractivity contribution is 0.0601. The molecule has 0 aromatic carbocycles. The van der Waals surface area contributed by atoms with Crippen molar-refractivity contribution in [1.29, 1.82) is 0 Å². The van der Waals surface area contributed by atoms with Crippen LogP contribution in [0.4, 0.5) is 5.82 Å². The molecule has 0 aliphatic carbocycles. The smallest absolute Gasteiger partial charge is 0.341 e. The Kier molecular flexibility index (Phi) is 4.15. The van der Waals surface area contributed by atoms with E-state index >= 15 is 0 Å². The van der Waals surface area contributed by atoms with E-state index in [1.54, 1.807) is 18.3 Å². The first kappa shape index (κ1) is 12.8. The van der Waals surface area contributed by atoms with Crippen molar-refractivity contribution in [2.45, 2.75) is 19.4 Å². The average molecular weight is 249 g/mol. The van der Waals surface area contributed by atoms with Gasteiger partial charge in [0.1, 0.15) is 11.4 Å². The minimum atomic E-state index is -0.331. The number of esters is 1. The number of aromatic nitrogens is 1. The van der Waals surface area contributed by atoms with Crippen molar-refractivity contribution in [3.63, 3.8) is 0 Å². The number of carbonyl (C=O) groups is 1. The minimum absolute atomic E-state index is 0.331. The van der Waals surface area contributed by atoms with Gasteiger partial charge in [-0.15, -0.1) is 0 Å². The first-order valence-electron chi connectivity index (χ1n) is 6.28. The third-order valence-electron chi connectivity index (χ3n) is 3.28. The van der Waals surface area contributed by atoms with Gasteiger partial charge in [0, 0.05) is 25.3 Å². The zero-order valence-corrected chi connectivity index (χ0v) is 10.8. The van der Waals surface area contributed by atoms with Gasteiger partial charge in [-0.1, -0.05) is 0 Å². The summed E-state index contributed by atoms with van der Waals surface area (Å²) in [6.07, 6.45) is 2.79. The molecular formula is C13H19N3O2. The fourth-order valence-electron chi connectivity index (χ4n) is 2.38. The number of ether oxygens (including phenoxy) is 1. The molecule has 0 bridgehead atoms. The molecule has 1 aliphatic rings. The van der Waals surface area contributed by atoms with Gasteiger partial charge in [-0.25, -0.2) is 9.78 Å². The van der Waals surface area contributed by atoms with E-state index in [4.69, 9.17) is 4.74 Å². The van der Waals surface area contributed by atoms with Crippen LogP contribution in [0.5, 0.6) is 0 Å². The van der Waals surface area contributed by atoms with Crippen LogP contribution in [0.3, 0.4) is 0 Å². The molecule has 1 aromatic heterocycles.